The highest BCUT2D eigenvalue weighted by Gasteiger charge is 2.32. The third kappa shape index (κ3) is 2.55. The molecule has 0 heterocycles. The fraction of sp³-hybridized carbons (Fsp3) is 0.625. The summed E-state index contributed by atoms with van der Waals surface area (Å²) in [6.07, 6.45) is 5.45. The third-order valence-corrected chi connectivity index (χ3v) is 4.57. The van der Waals surface area contributed by atoms with Crippen LogP contribution >= 0.6 is 0 Å². The van der Waals surface area contributed by atoms with Gasteiger partial charge in [0.05, 0.1) is 0 Å². The molecular formula is C16H23N. The highest BCUT2D eigenvalue weighted by atomic mass is 14.9. The number of fused-ring (bicyclic) bond motifs is 1. The van der Waals surface area contributed by atoms with Gasteiger partial charge in [-0.2, -0.15) is 0 Å². The van der Waals surface area contributed by atoms with Gasteiger partial charge in [-0.1, -0.05) is 31.2 Å². The lowest BCUT2D eigenvalue weighted by atomic mass is 9.83. The summed E-state index contributed by atoms with van der Waals surface area (Å²) < 4.78 is 0. The van der Waals surface area contributed by atoms with Gasteiger partial charge < -0.3 is 5.32 Å². The van der Waals surface area contributed by atoms with E-state index in [1.165, 1.54) is 38.8 Å². The maximum Gasteiger partial charge on any atom is 0.00203 e. The molecule has 0 saturated heterocycles. The predicted octanol–water partition coefficient (Wildman–Crippen LogP) is 3.35. The maximum atomic E-state index is 3.69. The molecule has 1 aromatic rings. The second kappa shape index (κ2) is 4.81. The van der Waals surface area contributed by atoms with Gasteiger partial charge in [0.1, 0.15) is 0 Å². The first-order valence-corrected chi connectivity index (χ1v) is 7.13. The molecule has 1 aromatic carbocycles. The van der Waals surface area contributed by atoms with Gasteiger partial charge in [-0.3, -0.25) is 0 Å². The standard InChI is InChI=1S/C16H23N/c1-12-9-15(12)11-17-10-14-7-4-6-13-5-2-3-8-16(13)14/h2-3,5,8,12,14-15,17H,4,6-7,9-11H2,1H3. The van der Waals surface area contributed by atoms with Crippen molar-refractivity contribution in [2.24, 2.45) is 11.8 Å². The van der Waals surface area contributed by atoms with E-state index in [2.05, 4.69) is 36.5 Å². The van der Waals surface area contributed by atoms with Gasteiger partial charge in [0.15, 0.2) is 0 Å². The molecule has 3 rings (SSSR count). The Kier molecular flexibility index (Phi) is 3.19. The zero-order valence-electron chi connectivity index (χ0n) is 10.8. The van der Waals surface area contributed by atoms with Crippen molar-refractivity contribution in [3.8, 4) is 0 Å². The van der Waals surface area contributed by atoms with Gasteiger partial charge >= 0.3 is 0 Å². The number of hydrogen-bond acceptors (Lipinski definition) is 1. The fourth-order valence-corrected chi connectivity index (χ4v) is 3.19. The molecule has 2 aliphatic carbocycles. The van der Waals surface area contributed by atoms with E-state index >= 15 is 0 Å². The minimum absolute atomic E-state index is 0.758. The Morgan fingerprint density at radius 1 is 1.24 bits per heavy atom. The molecule has 0 radical (unpaired) electrons. The highest BCUT2D eigenvalue weighted by Crippen LogP contribution is 2.37. The van der Waals surface area contributed by atoms with Crippen LogP contribution in [0.1, 0.15) is 43.2 Å². The minimum Gasteiger partial charge on any atom is -0.316 e. The van der Waals surface area contributed by atoms with Gasteiger partial charge in [0.25, 0.3) is 0 Å². The maximum absolute atomic E-state index is 3.69. The monoisotopic (exact) mass is 229 g/mol. The van der Waals surface area contributed by atoms with E-state index in [1.54, 1.807) is 11.1 Å². The molecule has 0 aromatic heterocycles. The second-order valence-corrected chi connectivity index (χ2v) is 5.92. The van der Waals surface area contributed by atoms with E-state index in [1.807, 2.05) is 0 Å². The van der Waals surface area contributed by atoms with Crippen molar-refractivity contribution < 1.29 is 0 Å². The van der Waals surface area contributed by atoms with Crippen LogP contribution in [0.3, 0.4) is 0 Å². The molecule has 1 heteroatoms. The molecule has 3 atom stereocenters. The first-order chi connectivity index (χ1) is 8.34. The molecule has 92 valence electrons. The first-order valence-electron chi connectivity index (χ1n) is 7.13. The fourth-order valence-electron chi connectivity index (χ4n) is 3.19. The molecule has 1 nitrogen and oxygen atoms in total. The van der Waals surface area contributed by atoms with Crippen LogP contribution < -0.4 is 5.32 Å². The van der Waals surface area contributed by atoms with Crippen LogP contribution in [0.15, 0.2) is 24.3 Å². The van der Waals surface area contributed by atoms with Crippen LogP contribution in [0.5, 0.6) is 0 Å². The van der Waals surface area contributed by atoms with Crippen molar-refractivity contribution in [2.45, 2.75) is 38.5 Å². The second-order valence-electron chi connectivity index (χ2n) is 5.92. The number of hydrogen-bond donors (Lipinski definition) is 1. The molecule has 0 aliphatic heterocycles. The normalized spacial score (nSPS) is 31.0. The SMILES string of the molecule is CC1CC1CNCC1CCCc2ccccc21. The van der Waals surface area contributed by atoms with E-state index in [0.29, 0.717) is 0 Å². The van der Waals surface area contributed by atoms with Gasteiger partial charge in [0, 0.05) is 6.54 Å². The lowest BCUT2D eigenvalue weighted by Gasteiger charge is -2.25. The van der Waals surface area contributed by atoms with E-state index < -0.39 is 0 Å². The van der Waals surface area contributed by atoms with Crippen molar-refractivity contribution in [3.63, 3.8) is 0 Å². The van der Waals surface area contributed by atoms with Crippen molar-refractivity contribution in [1.82, 2.24) is 5.32 Å². The molecule has 0 spiro atoms. The summed E-state index contributed by atoms with van der Waals surface area (Å²) in [5, 5.41) is 3.69. The summed E-state index contributed by atoms with van der Waals surface area (Å²) in [6.45, 7) is 4.78. The largest absolute Gasteiger partial charge is 0.316 e. The van der Waals surface area contributed by atoms with Crippen LogP contribution in [0, 0.1) is 11.8 Å². The average Bonchev–Trinajstić information content (AvgIpc) is 3.06. The summed E-state index contributed by atoms with van der Waals surface area (Å²) in [7, 11) is 0. The topological polar surface area (TPSA) is 12.0 Å². The molecule has 0 bridgehead atoms. The molecule has 3 unspecified atom stereocenters. The number of benzene rings is 1. The van der Waals surface area contributed by atoms with Crippen LogP contribution in [0.2, 0.25) is 0 Å². The summed E-state index contributed by atoms with van der Waals surface area (Å²) in [5.41, 5.74) is 3.19. The summed E-state index contributed by atoms with van der Waals surface area (Å²) in [4.78, 5) is 0. The Hall–Kier alpha value is -0.820. The number of rotatable bonds is 4. The Labute approximate surface area is 105 Å². The first kappa shape index (κ1) is 11.3. The van der Waals surface area contributed by atoms with Crippen molar-refractivity contribution >= 4 is 0 Å². The average molecular weight is 229 g/mol. The van der Waals surface area contributed by atoms with E-state index in [0.717, 1.165) is 17.8 Å². The Morgan fingerprint density at radius 2 is 2.06 bits per heavy atom. The van der Waals surface area contributed by atoms with E-state index in [9.17, 15) is 0 Å². The smallest absolute Gasteiger partial charge is 0.00203 e. The molecule has 1 N–H and O–H groups in total. The summed E-state index contributed by atoms with van der Waals surface area (Å²) in [6, 6.07) is 9.02. The molecule has 0 amide bonds. The number of nitrogens with one attached hydrogen (secondary N) is 1. The van der Waals surface area contributed by atoms with Crippen LogP contribution in [-0.2, 0) is 6.42 Å². The number of aryl methyl sites for hydroxylation is 1. The lowest BCUT2D eigenvalue weighted by molar-refractivity contribution is 0.495. The molecule has 17 heavy (non-hydrogen) atoms. The molecule has 2 aliphatic rings. The van der Waals surface area contributed by atoms with Gasteiger partial charge in [-0.25, -0.2) is 0 Å². The Bertz CT molecular complexity index is 385. The summed E-state index contributed by atoms with van der Waals surface area (Å²) in [5.74, 6) is 2.70. The van der Waals surface area contributed by atoms with E-state index in [-0.39, 0.29) is 0 Å². The summed E-state index contributed by atoms with van der Waals surface area (Å²) >= 11 is 0. The third-order valence-electron chi connectivity index (χ3n) is 4.57. The Balaban J connectivity index is 1.57. The molecule has 1 fully saturated rings. The zero-order valence-corrected chi connectivity index (χ0v) is 10.8. The van der Waals surface area contributed by atoms with Crippen LogP contribution in [0.25, 0.3) is 0 Å². The minimum atomic E-state index is 0.758. The van der Waals surface area contributed by atoms with Crippen molar-refractivity contribution in [3.05, 3.63) is 35.4 Å². The lowest BCUT2D eigenvalue weighted by Crippen LogP contribution is -2.26. The van der Waals surface area contributed by atoms with Crippen molar-refractivity contribution in [2.75, 3.05) is 13.1 Å². The van der Waals surface area contributed by atoms with Gasteiger partial charge in [-0.15, -0.1) is 0 Å². The zero-order chi connectivity index (χ0) is 11.7. The Morgan fingerprint density at radius 3 is 2.88 bits per heavy atom. The highest BCUT2D eigenvalue weighted by molar-refractivity contribution is 5.32. The molecule has 1 saturated carbocycles. The molecular weight excluding hydrogens is 206 g/mol. The van der Waals surface area contributed by atoms with Gasteiger partial charge in [-0.05, 0) is 61.1 Å². The van der Waals surface area contributed by atoms with E-state index in [4.69, 9.17) is 0 Å². The van der Waals surface area contributed by atoms with Gasteiger partial charge in [0.2, 0.25) is 0 Å². The van der Waals surface area contributed by atoms with Crippen molar-refractivity contribution in [1.29, 1.82) is 0 Å². The van der Waals surface area contributed by atoms with Crippen LogP contribution in [-0.4, -0.2) is 13.1 Å². The quantitative estimate of drug-likeness (QED) is 0.835. The predicted molar refractivity (Wildman–Crippen MR) is 72.3 cm³/mol. The van der Waals surface area contributed by atoms with Crippen LogP contribution in [0.4, 0.5) is 0 Å².